The molecule has 0 saturated carbocycles. The summed E-state index contributed by atoms with van der Waals surface area (Å²) < 4.78 is 4.86. The van der Waals surface area contributed by atoms with E-state index in [1.54, 1.807) is 0 Å². The van der Waals surface area contributed by atoms with Crippen LogP contribution in [0.4, 0.5) is 0 Å². The van der Waals surface area contributed by atoms with E-state index in [0.29, 0.717) is 6.54 Å². The normalized spacial score (nSPS) is 34.0. The smallest absolute Gasteiger partial charge is 0.222 e. The molecular weight excluding hydrogens is 214 g/mol. The van der Waals surface area contributed by atoms with Crippen molar-refractivity contribution < 1.29 is 24.9 Å². The summed E-state index contributed by atoms with van der Waals surface area (Å²) in [4.78, 5) is 11.4. The minimum atomic E-state index is -1.41. The number of ether oxygens (including phenoxy) is 1. The number of aliphatic hydroxyl groups is 3. The predicted octanol–water partition coefficient (Wildman–Crippen LogP) is -1.27. The fourth-order valence-electron chi connectivity index (χ4n) is 1.56. The molecule has 0 aromatic heterocycles. The highest BCUT2D eigenvalue weighted by molar-refractivity contribution is 5.76. The topological polar surface area (TPSA) is 99.0 Å². The molecule has 4 atom stereocenters. The molecule has 0 spiro atoms. The van der Waals surface area contributed by atoms with Gasteiger partial charge in [0.05, 0.1) is 12.5 Å². The summed E-state index contributed by atoms with van der Waals surface area (Å²) in [7, 11) is 0. The zero-order valence-electron chi connectivity index (χ0n) is 9.30. The van der Waals surface area contributed by atoms with Gasteiger partial charge in [-0.1, -0.05) is 13.3 Å². The summed E-state index contributed by atoms with van der Waals surface area (Å²) in [6, 6.07) is 0. The molecule has 6 nitrogen and oxygen atoms in total. The first-order valence-electron chi connectivity index (χ1n) is 5.52. The number of aliphatic hydroxyl groups excluding tert-OH is 3. The van der Waals surface area contributed by atoms with Gasteiger partial charge >= 0.3 is 0 Å². The van der Waals surface area contributed by atoms with Crippen LogP contribution in [0.5, 0.6) is 0 Å². The summed E-state index contributed by atoms with van der Waals surface area (Å²) in [5.41, 5.74) is 0. The van der Waals surface area contributed by atoms with Gasteiger partial charge in [0.25, 0.3) is 0 Å². The van der Waals surface area contributed by atoms with E-state index in [4.69, 9.17) is 9.84 Å². The second kappa shape index (κ2) is 6.15. The maximum atomic E-state index is 11.4. The number of hydrogen-bond acceptors (Lipinski definition) is 5. The monoisotopic (exact) mass is 233 g/mol. The maximum Gasteiger partial charge on any atom is 0.222 e. The van der Waals surface area contributed by atoms with Crippen LogP contribution in [0.2, 0.25) is 0 Å². The zero-order chi connectivity index (χ0) is 12.1. The number of rotatable bonds is 5. The minimum absolute atomic E-state index is 0.0565. The molecule has 1 heterocycles. The lowest BCUT2D eigenvalue weighted by Crippen LogP contribution is -2.36. The van der Waals surface area contributed by atoms with E-state index in [1.165, 1.54) is 0 Å². The average Bonchev–Trinajstić information content (AvgIpc) is 2.47. The van der Waals surface area contributed by atoms with Gasteiger partial charge in [0, 0.05) is 6.54 Å². The summed E-state index contributed by atoms with van der Waals surface area (Å²) in [5, 5.41) is 30.4. The highest BCUT2D eigenvalue weighted by Gasteiger charge is 2.42. The van der Waals surface area contributed by atoms with E-state index in [-0.39, 0.29) is 12.3 Å². The van der Waals surface area contributed by atoms with E-state index in [1.807, 2.05) is 6.92 Å². The quantitative estimate of drug-likeness (QED) is 0.444. The number of amides is 1. The lowest BCUT2D eigenvalue weighted by molar-refractivity contribution is -0.137. The van der Waals surface area contributed by atoms with Crippen LogP contribution in [0.15, 0.2) is 0 Å². The Hall–Kier alpha value is -0.690. The molecule has 1 amide bonds. The Morgan fingerprint density at radius 1 is 1.31 bits per heavy atom. The minimum Gasteiger partial charge on any atom is -0.387 e. The van der Waals surface area contributed by atoms with Crippen molar-refractivity contribution in [2.75, 3.05) is 6.54 Å². The molecule has 1 aliphatic heterocycles. The molecule has 94 valence electrons. The van der Waals surface area contributed by atoms with Crippen LogP contribution in [-0.2, 0) is 9.53 Å². The fourth-order valence-corrected chi connectivity index (χ4v) is 1.56. The van der Waals surface area contributed by atoms with Crippen molar-refractivity contribution in [1.29, 1.82) is 0 Å². The van der Waals surface area contributed by atoms with Gasteiger partial charge in [-0.25, -0.2) is 0 Å². The van der Waals surface area contributed by atoms with Crippen LogP contribution < -0.4 is 5.32 Å². The third kappa shape index (κ3) is 3.41. The standard InChI is InChI=1S/C10H19NO5/c1-2-3-4-11-7(12)5-6-8(13)9(14)10(15)16-6/h6,8-10,13-15H,2-5H2,1H3,(H,11,12)/t6-,8-,9-,10?/m1/s1. The van der Waals surface area contributed by atoms with Crippen molar-refractivity contribution in [1.82, 2.24) is 5.32 Å². The molecule has 1 fully saturated rings. The third-order valence-electron chi connectivity index (χ3n) is 2.58. The van der Waals surface area contributed by atoms with E-state index < -0.39 is 24.6 Å². The van der Waals surface area contributed by atoms with E-state index >= 15 is 0 Å². The first-order valence-corrected chi connectivity index (χ1v) is 5.52. The number of carbonyl (C=O) groups is 1. The molecule has 1 aliphatic rings. The van der Waals surface area contributed by atoms with Crippen LogP contribution in [0, 0.1) is 0 Å². The number of nitrogens with one attached hydrogen (secondary N) is 1. The van der Waals surface area contributed by atoms with Crippen LogP contribution in [-0.4, -0.2) is 52.4 Å². The average molecular weight is 233 g/mol. The van der Waals surface area contributed by atoms with Crippen molar-refractivity contribution in [3.8, 4) is 0 Å². The summed E-state index contributed by atoms with van der Waals surface area (Å²) >= 11 is 0. The van der Waals surface area contributed by atoms with Crippen LogP contribution >= 0.6 is 0 Å². The van der Waals surface area contributed by atoms with Gasteiger partial charge in [0.15, 0.2) is 6.29 Å². The fraction of sp³-hybridized carbons (Fsp3) is 0.900. The Morgan fingerprint density at radius 3 is 2.50 bits per heavy atom. The lowest BCUT2D eigenvalue weighted by Gasteiger charge is -2.13. The Bertz CT molecular complexity index is 235. The van der Waals surface area contributed by atoms with E-state index in [2.05, 4.69) is 5.32 Å². The van der Waals surface area contributed by atoms with Crippen LogP contribution in [0.3, 0.4) is 0 Å². The second-order valence-corrected chi connectivity index (χ2v) is 3.95. The van der Waals surface area contributed by atoms with Crippen LogP contribution in [0.25, 0.3) is 0 Å². The molecule has 1 rings (SSSR count). The molecule has 1 unspecified atom stereocenters. The van der Waals surface area contributed by atoms with Crippen LogP contribution in [0.1, 0.15) is 26.2 Å². The molecule has 16 heavy (non-hydrogen) atoms. The van der Waals surface area contributed by atoms with Gasteiger partial charge in [-0.3, -0.25) is 4.79 Å². The Morgan fingerprint density at radius 2 is 2.00 bits per heavy atom. The first-order chi connectivity index (χ1) is 7.56. The van der Waals surface area contributed by atoms with Crippen molar-refractivity contribution in [3.63, 3.8) is 0 Å². The molecule has 0 aromatic rings. The van der Waals surface area contributed by atoms with Gasteiger partial charge in [-0.15, -0.1) is 0 Å². The number of carbonyl (C=O) groups excluding carboxylic acids is 1. The molecule has 0 aromatic carbocycles. The maximum absolute atomic E-state index is 11.4. The van der Waals surface area contributed by atoms with Gasteiger partial charge in [-0.05, 0) is 6.42 Å². The van der Waals surface area contributed by atoms with Crippen molar-refractivity contribution in [2.24, 2.45) is 0 Å². The third-order valence-corrected chi connectivity index (χ3v) is 2.58. The van der Waals surface area contributed by atoms with E-state index in [0.717, 1.165) is 12.8 Å². The van der Waals surface area contributed by atoms with Crippen molar-refractivity contribution in [3.05, 3.63) is 0 Å². The van der Waals surface area contributed by atoms with E-state index in [9.17, 15) is 15.0 Å². The molecule has 0 bridgehead atoms. The van der Waals surface area contributed by atoms with Gasteiger partial charge < -0.3 is 25.4 Å². The summed E-state index contributed by atoms with van der Waals surface area (Å²) in [6.07, 6.45) is -2.99. The zero-order valence-corrected chi connectivity index (χ0v) is 9.30. The highest BCUT2D eigenvalue weighted by atomic mass is 16.6. The molecule has 6 heteroatoms. The molecule has 1 saturated heterocycles. The summed E-state index contributed by atoms with van der Waals surface area (Å²) in [5.74, 6) is -0.251. The Labute approximate surface area is 94.2 Å². The number of unbranched alkanes of at least 4 members (excludes halogenated alkanes) is 1. The molecule has 4 N–H and O–H groups in total. The second-order valence-electron chi connectivity index (χ2n) is 3.95. The lowest BCUT2D eigenvalue weighted by atomic mass is 10.1. The summed E-state index contributed by atoms with van der Waals surface area (Å²) in [6.45, 7) is 2.60. The molecule has 0 radical (unpaired) electrons. The first kappa shape index (κ1) is 13.4. The number of hydrogen-bond donors (Lipinski definition) is 4. The van der Waals surface area contributed by atoms with Gasteiger partial charge in [0.2, 0.25) is 5.91 Å². The largest absolute Gasteiger partial charge is 0.387 e. The Kier molecular flexibility index (Phi) is 5.14. The Balaban J connectivity index is 2.29. The predicted molar refractivity (Wildman–Crippen MR) is 55.4 cm³/mol. The molecule has 0 aliphatic carbocycles. The van der Waals surface area contributed by atoms with Gasteiger partial charge in [-0.2, -0.15) is 0 Å². The SMILES string of the molecule is CCCCNC(=O)C[C@H]1OC(O)[C@H](O)[C@@H]1O. The highest BCUT2D eigenvalue weighted by Crippen LogP contribution is 2.21. The van der Waals surface area contributed by atoms with Crippen molar-refractivity contribution in [2.45, 2.75) is 50.8 Å². The van der Waals surface area contributed by atoms with Crippen molar-refractivity contribution >= 4 is 5.91 Å². The van der Waals surface area contributed by atoms with Gasteiger partial charge in [0.1, 0.15) is 12.2 Å². The molecular formula is C10H19NO5.